The predicted molar refractivity (Wildman–Crippen MR) is 109 cm³/mol. The van der Waals surface area contributed by atoms with E-state index in [9.17, 15) is 0 Å². The number of hydrogen-bond donors (Lipinski definition) is 0. The van der Waals surface area contributed by atoms with Crippen molar-refractivity contribution in [2.45, 2.75) is 0 Å². The van der Waals surface area contributed by atoms with Gasteiger partial charge in [-0.3, -0.25) is 0 Å². The molecule has 0 radical (unpaired) electrons. The summed E-state index contributed by atoms with van der Waals surface area (Å²) < 4.78 is 0. The van der Waals surface area contributed by atoms with Crippen molar-refractivity contribution in [3.05, 3.63) is 96.0 Å². The fourth-order valence-electron chi connectivity index (χ4n) is 3.70. The monoisotopic (exact) mass is 338 g/mol. The van der Waals surface area contributed by atoms with Crippen LogP contribution in [-0.2, 0) is 0 Å². The average Bonchev–Trinajstić information content (AvgIpc) is 2.67. The molecule has 0 aromatic heterocycles. The fraction of sp³-hybridized carbons (Fsp3) is 0. The Hall–Kier alpha value is -2.83. The third kappa shape index (κ3) is 2.30. The molecule has 0 atom stereocenters. The summed E-state index contributed by atoms with van der Waals surface area (Å²) in [5, 5.41) is 8.15. The van der Waals surface area contributed by atoms with Gasteiger partial charge in [-0.05, 0) is 50.0 Å². The summed E-state index contributed by atoms with van der Waals surface area (Å²) in [5.74, 6) is 0. The zero-order chi connectivity index (χ0) is 16.8. The van der Waals surface area contributed by atoms with E-state index in [1.54, 1.807) is 0 Å². The molecular weight excluding hydrogens is 324 g/mol. The first-order valence-electron chi connectivity index (χ1n) is 8.40. The summed E-state index contributed by atoms with van der Waals surface area (Å²) in [4.78, 5) is 0. The second-order valence-electron chi connectivity index (χ2n) is 6.37. The van der Waals surface area contributed by atoms with Crippen LogP contribution in [0.4, 0.5) is 0 Å². The summed E-state index contributed by atoms with van der Waals surface area (Å²) in [5.41, 5.74) is 2.26. The lowest BCUT2D eigenvalue weighted by atomic mass is 9.94. The average molecular weight is 339 g/mol. The molecule has 0 bridgehead atoms. The van der Waals surface area contributed by atoms with Crippen LogP contribution in [0.25, 0.3) is 43.4 Å². The zero-order valence-corrected chi connectivity index (χ0v) is 14.3. The molecule has 5 aromatic rings. The van der Waals surface area contributed by atoms with Crippen molar-refractivity contribution in [3.8, 4) is 11.1 Å². The topological polar surface area (TPSA) is 0 Å². The van der Waals surface area contributed by atoms with Gasteiger partial charge in [0.25, 0.3) is 0 Å². The maximum absolute atomic E-state index is 6.74. The molecule has 0 saturated heterocycles. The molecule has 0 unspecified atom stereocenters. The Morgan fingerprint density at radius 3 is 1.92 bits per heavy atom. The molecule has 5 aromatic carbocycles. The molecule has 0 aliphatic heterocycles. The maximum atomic E-state index is 6.74. The number of fused-ring (bicyclic) bond motifs is 4. The Labute approximate surface area is 151 Å². The zero-order valence-electron chi connectivity index (χ0n) is 13.5. The minimum Gasteiger partial charge on any atom is -0.0836 e. The van der Waals surface area contributed by atoms with E-state index in [1.807, 2.05) is 0 Å². The molecule has 0 N–H and O–H groups in total. The van der Waals surface area contributed by atoms with Gasteiger partial charge in [-0.2, -0.15) is 0 Å². The summed E-state index contributed by atoms with van der Waals surface area (Å²) in [6, 6.07) is 32.0. The second-order valence-corrected chi connectivity index (χ2v) is 6.77. The van der Waals surface area contributed by atoms with E-state index >= 15 is 0 Å². The van der Waals surface area contributed by atoms with Crippen LogP contribution < -0.4 is 0 Å². The van der Waals surface area contributed by atoms with E-state index in [4.69, 9.17) is 11.6 Å². The van der Waals surface area contributed by atoms with Gasteiger partial charge in [0.15, 0.2) is 0 Å². The SMILES string of the molecule is Clc1cc2c(ccc3ccccc32)cc1-c1cccc2ccccc12. The molecule has 0 fully saturated rings. The molecule has 1 heteroatoms. The van der Waals surface area contributed by atoms with Crippen molar-refractivity contribution in [3.63, 3.8) is 0 Å². The molecule has 0 heterocycles. The summed E-state index contributed by atoms with van der Waals surface area (Å²) in [6.45, 7) is 0. The van der Waals surface area contributed by atoms with Gasteiger partial charge in [0.2, 0.25) is 0 Å². The van der Waals surface area contributed by atoms with E-state index in [0.29, 0.717) is 0 Å². The molecule has 0 spiro atoms. The lowest BCUT2D eigenvalue weighted by molar-refractivity contribution is 1.68. The van der Waals surface area contributed by atoms with Crippen LogP contribution in [-0.4, -0.2) is 0 Å². The van der Waals surface area contributed by atoms with Gasteiger partial charge < -0.3 is 0 Å². The van der Waals surface area contributed by atoms with Crippen molar-refractivity contribution in [2.75, 3.05) is 0 Å². The van der Waals surface area contributed by atoms with Gasteiger partial charge in [-0.25, -0.2) is 0 Å². The first-order valence-corrected chi connectivity index (χ1v) is 8.78. The van der Waals surface area contributed by atoms with Gasteiger partial charge in [0.05, 0.1) is 0 Å². The van der Waals surface area contributed by atoms with Crippen LogP contribution >= 0.6 is 11.6 Å². The number of benzene rings is 5. The number of rotatable bonds is 1. The van der Waals surface area contributed by atoms with E-state index in [1.165, 1.54) is 37.9 Å². The Morgan fingerprint density at radius 2 is 1.08 bits per heavy atom. The minimum absolute atomic E-state index is 0.792. The molecule has 0 aliphatic rings. The molecule has 0 nitrogen and oxygen atoms in total. The first kappa shape index (κ1) is 14.5. The highest BCUT2D eigenvalue weighted by molar-refractivity contribution is 6.35. The molecule has 0 amide bonds. The smallest absolute Gasteiger partial charge is 0.0491 e. The molecule has 118 valence electrons. The fourth-order valence-corrected chi connectivity index (χ4v) is 3.96. The van der Waals surface area contributed by atoms with Gasteiger partial charge in [0.1, 0.15) is 0 Å². The standard InChI is InChI=1S/C24H15Cl/c25-24-15-22-18(13-12-17-7-2-4-10-20(17)22)14-23(24)21-11-5-8-16-6-1-3-9-19(16)21/h1-15H. The van der Waals surface area contributed by atoms with E-state index in [0.717, 1.165) is 10.6 Å². The van der Waals surface area contributed by atoms with Crippen molar-refractivity contribution in [1.82, 2.24) is 0 Å². The normalized spacial score (nSPS) is 11.4. The Kier molecular flexibility index (Phi) is 3.26. The van der Waals surface area contributed by atoms with E-state index in [-0.39, 0.29) is 0 Å². The van der Waals surface area contributed by atoms with Crippen molar-refractivity contribution >= 4 is 43.9 Å². The summed E-state index contributed by atoms with van der Waals surface area (Å²) in [6.07, 6.45) is 0. The molecule has 5 rings (SSSR count). The van der Waals surface area contributed by atoms with E-state index < -0.39 is 0 Å². The van der Waals surface area contributed by atoms with Crippen LogP contribution in [0.15, 0.2) is 91.0 Å². The van der Waals surface area contributed by atoms with Crippen molar-refractivity contribution in [2.24, 2.45) is 0 Å². The highest BCUT2D eigenvalue weighted by Gasteiger charge is 2.10. The lowest BCUT2D eigenvalue weighted by Crippen LogP contribution is -1.85. The number of hydrogen-bond acceptors (Lipinski definition) is 0. The number of halogens is 1. The Balaban J connectivity index is 1.85. The Bertz CT molecular complexity index is 1250. The van der Waals surface area contributed by atoms with Crippen molar-refractivity contribution < 1.29 is 0 Å². The van der Waals surface area contributed by atoms with Gasteiger partial charge in [-0.1, -0.05) is 90.5 Å². The Morgan fingerprint density at radius 1 is 0.440 bits per heavy atom. The highest BCUT2D eigenvalue weighted by atomic mass is 35.5. The van der Waals surface area contributed by atoms with Crippen LogP contribution in [0.2, 0.25) is 5.02 Å². The predicted octanol–water partition coefficient (Wildman–Crippen LogP) is 7.47. The molecule has 25 heavy (non-hydrogen) atoms. The highest BCUT2D eigenvalue weighted by Crippen LogP contribution is 2.38. The lowest BCUT2D eigenvalue weighted by Gasteiger charge is -2.12. The first-order chi connectivity index (χ1) is 12.3. The van der Waals surface area contributed by atoms with Crippen LogP contribution in [0.5, 0.6) is 0 Å². The van der Waals surface area contributed by atoms with Gasteiger partial charge in [0, 0.05) is 10.6 Å². The van der Waals surface area contributed by atoms with Crippen LogP contribution in [0.1, 0.15) is 0 Å². The third-order valence-corrected chi connectivity index (χ3v) is 5.23. The van der Waals surface area contributed by atoms with Gasteiger partial charge in [-0.15, -0.1) is 0 Å². The third-order valence-electron chi connectivity index (χ3n) is 4.91. The van der Waals surface area contributed by atoms with E-state index in [2.05, 4.69) is 91.0 Å². The molecule has 0 saturated carbocycles. The maximum Gasteiger partial charge on any atom is 0.0491 e. The summed E-state index contributed by atoms with van der Waals surface area (Å²) >= 11 is 6.74. The van der Waals surface area contributed by atoms with Crippen LogP contribution in [0.3, 0.4) is 0 Å². The quantitative estimate of drug-likeness (QED) is 0.278. The molecular formula is C24H15Cl. The van der Waals surface area contributed by atoms with Gasteiger partial charge >= 0.3 is 0 Å². The largest absolute Gasteiger partial charge is 0.0836 e. The van der Waals surface area contributed by atoms with Crippen LogP contribution in [0, 0.1) is 0 Å². The summed E-state index contributed by atoms with van der Waals surface area (Å²) in [7, 11) is 0. The molecule has 0 aliphatic carbocycles. The van der Waals surface area contributed by atoms with Crippen molar-refractivity contribution in [1.29, 1.82) is 0 Å². The second kappa shape index (κ2) is 5.61. The minimum atomic E-state index is 0.792.